The third kappa shape index (κ3) is 4.08. The summed E-state index contributed by atoms with van der Waals surface area (Å²) in [6.45, 7) is 8.78. The molecule has 0 amide bonds. The fourth-order valence-corrected chi connectivity index (χ4v) is 4.61. The molecule has 0 radical (unpaired) electrons. The fraction of sp³-hybridized carbons (Fsp3) is 0.226. The molecule has 1 nitrogen and oxygen atoms in total. The van der Waals surface area contributed by atoms with E-state index in [-0.39, 0.29) is 0 Å². The van der Waals surface area contributed by atoms with Crippen LogP contribution in [0.1, 0.15) is 46.6 Å². The molecule has 0 heterocycles. The van der Waals surface area contributed by atoms with Crippen LogP contribution in [-0.2, 0) is 0 Å². The summed E-state index contributed by atoms with van der Waals surface area (Å²) in [5.41, 5.74) is 13.0. The molecule has 0 atom stereocenters. The Morgan fingerprint density at radius 3 is 1.50 bits per heavy atom. The monoisotopic (exact) mass is 417 g/mol. The molecule has 1 aliphatic rings. The maximum Gasteiger partial charge on any atom is 0.0462 e. The Morgan fingerprint density at radius 1 is 0.562 bits per heavy atom. The van der Waals surface area contributed by atoms with E-state index in [1.54, 1.807) is 5.56 Å². The Bertz CT molecular complexity index is 1180. The smallest absolute Gasteiger partial charge is 0.0462 e. The zero-order chi connectivity index (χ0) is 22.2. The summed E-state index contributed by atoms with van der Waals surface area (Å²) >= 11 is 0. The summed E-state index contributed by atoms with van der Waals surface area (Å²) in [6.07, 6.45) is 2.70. The average Bonchev–Trinajstić information content (AvgIpc) is 3.64. The highest BCUT2D eigenvalue weighted by molar-refractivity contribution is 5.79. The second kappa shape index (κ2) is 8.31. The van der Waals surface area contributed by atoms with Gasteiger partial charge in [0.05, 0.1) is 0 Å². The van der Waals surface area contributed by atoms with Crippen LogP contribution >= 0.6 is 0 Å². The van der Waals surface area contributed by atoms with Crippen LogP contribution in [-0.4, -0.2) is 0 Å². The van der Waals surface area contributed by atoms with Crippen LogP contribution in [0.15, 0.2) is 84.9 Å². The molecule has 0 spiro atoms. The van der Waals surface area contributed by atoms with Gasteiger partial charge in [0, 0.05) is 17.1 Å². The number of anilines is 3. The van der Waals surface area contributed by atoms with Gasteiger partial charge in [-0.2, -0.15) is 0 Å². The largest absolute Gasteiger partial charge is 0.311 e. The topological polar surface area (TPSA) is 3.24 Å². The van der Waals surface area contributed by atoms with Crippen LogP contribution in [0.2, 0.25) is 0 Å². The first kappa shape index (κ1) is 20.6. The van der Waals surface area contributed by atoms with Crippen LogP contribution < -0.4 is 4.90 Å². The van der Waals surface area contributed by atoms with Crippen molar-refractivity contribution in [3.05, 3.63) is 113 Å². The predicted octanol–water partition coefficient (Wildman–Crippen LogP) is 8.93. The molecule has 4 aromatic carbocycles. The third-order valence-corrected chi connectivity index (χ3v) is 6.65. The van der Waals surface area contributed by atoms with Crippen molar-refractivity contribution < 1.29 is 0 Å². The first-order chi connectivity index (χ1) is 15.5. The van der Waals surface area contributed by atoms with Gasteiger partial charge in [-0.1, -0.05) is 59.7 Å². The van der Waals surface area contributed by atoms with Crippen LogP contribution in [0.3, 0.4) is 0 Å². The van der Waals surface area contributed by atoms with Crippen molar-refractivity contribution in [3.8, 4) is 11.1 Å². The molecule has 0 saturated heterocycles. The van der Waals surface area contributed by atoms with E-state index in [9.17, 15) is 0 Å². The Kier molecular flexibility index (Phi) is 5.35. The Balaban J connectivity index is 1.53. The Morgan fingerprint density at radius 2 is 1.03 bits per heavy atom. The van der Waals surface area contributed by atoms with Crippen molar-refractivity contribution in [1.82, 2.24) is 0 Å². The van der Waals surface area contributed by atoms with Gasteiger partial charge in [-0.05, 0) is 111 Å². The van der Waals surface area contributed by atoms with E-state index in [0.717, 1.165) is 5.92 Å². The number of hydrogen-bond acceptors (Lipinski definition) is 1. The SMILES string of the molecule is Cc1ccc(N(c2ccc(C)cc2)c2ccc(-c3cc(C)c(C4CC4)cc3C)cc2)cc1. The molecule has 5 rings (SSSR count). The summed E-state index contributed by atoms with van der Waals surface area (Å²) in [7, 11) is 0. The number of nitrogens with zero attached hydrogens (tertiary/aromatic N) is 1. The molecule has 4 aromatic rings. The van der Waals surface area contributed by atoms with Gasteiger partial charge in [-0.15, -0.1) is 0 Å². The van der Waals surface area contributed by atoms with E-state index in [0.29, 0.717) is 0 Å². The fourth-order valence-electron chi connectivity index (χ4n) is 4.61. The molecule has 160 valence electrons. The van der Waals surface area contributed by atoms with E-state index in [1.165, 1.54) is 63.3 Å². The average molecular weight is 418 g/mol. The lowest BCUT2D eigenvalue weighted by atomic mass is 9.93. The van der Waals surface area contributed by atoms with Crippen LogP contribution in [0.4, 0.5) is 17.1 Å². The second-order valence-corrected chi connectivity index (χ2v) is 9.35. The zero-order valence-corrected chi connectivity index (χ0v) is 19.5. The molecule has 1 aliphatic carbocycles. The molecule has 0 N–H and O–H groups in total. The summed E-state index contributed by atoms with van der Waals surface area (Å²) in [5, 5.41) is 0. The first-order valence-electron chi connectivity index (χ1n) is 11.6. The Labute approximate surface area is 192 Å². The highest BCUT2D eigenvalue weighted by Gasteiger charge is 2.25. The summed E-state index contributed by atoms with van der Waals surface area (Å²) in [5.74, 6) is 0.794. The van der Waals surface area contributed by atoms with Crippen LogP contribution in [0, 0.1) is 27.7 Å². The van der Waals surface area contributed by atoms with Gasteiger partial charge in [0.1, 0.15) is 0 Å². The van der Waals surface area contributed by atoms with E-state index in [2.05, 4.69) is 118 Å². The minimum absolute atomic E-state index is 0.794. The molecule has 0 bridgehead atoms. The van der Waals surface area contributed by atoms with Crippen molar-refractivity contribution in [1.29, 1.82) is 0 Å². The number of benzene rings is 4. The maximum absolute atomic E-state index is 2.42. The van der Waals surface area contributed by atoms with Gasteiger partial charge >= 0.3 is 0 Å². The van der Waals surface area contributed by atoms with Gasteiger partial charge in [0.25, 0.3) is 0 Å². The third-order valence-electron chi connectivity index (χ3n) is 6.65. The number of rotatable bonds is 5. The lowest BCUT2D eigenvalue weighted by Crippen LogP contribution is -2.09. The lowest BCUT2D eigenvalue weighted by Gasteiger charge is -2.26. The van der Waals surface area contributed by atoms with Gasteiger partial charge < -0.3 is 4.90 Å². The molecular formula is C31H31N. The Hall–Kier alpha value is -3.32. The lowest BCUT2D eigenvalue weighted by molar-refractivity contribution is 1.09. The minimum Gasteiger partial charge on any atom is -0.311 e. The first-order valence-corrected chi connectivity index (χ1v) is 11.6. The van der Waals surface area contributed by atoms with Gasteiger partial charge in [-0.3, -0.25) is 0 Å². The molecular weight excluding hydrogens is 386 g/mol. The number of aryl methyl sites for hydroxylation is 4. The molecule has 1 saturated carbocycles. The zero-order valence-electron chi connectivity index (χ0n) is 19.5. The van der Waals surface area contributed by atoms with E-state index < -0.39 is 0 Å². The van der Waals surface area contributed by atoms with E-state index >= 15 is 0 Å². The molecule has 0 aromatic heterocycles. The predicted molar refractivity (Wildman–Crippen MR) is 137 cm³/mol. The highest BCUT2D eigenvalue weighted by Crippen LogP contribution is 2.43. The van der Waals surface area contributed by atoms with Crippen LogP contribution in [0.5, 0.6) is 0 Å². The van der Waals surface area contributed by atoms with E-state index in [4.69, 9.17) is 0 Å². The van der Waals surface area contributed by atoms with Crippen molar-refractivity contribution in [2.24, 2.45) is 0 Å². The number of hydrogen-bond donors (Lipinski definition) is 0. The van der Waals surface area contributed by atoms with Crippen molar-refractivity contribution in [2.75, 3.05) is 4.90 Å². The standard InChI is InChI=1S/C31H31N/c1-21-5-13-27(14-6-21)32(28-15-7-22(2)8-16-28)29-17-11-26(12-18-29)31-20-23(3)30(19-24(31)4)25-9-10-25/h5-8,11-20,25H,9-10H2,1-4H3. The molecule has 32 heavy (non-hydrogen) atoms. The van der Waals surface area contributed by atoms with E-state index in [1.807, 2.05) is 0 Å². The maximum atomic E-state index is 2.42. The minimum atomic E-state index is 0.794. The van der Waals surface area contributed by atoms with Crippen molar-refractivity contribution in [2.45, 2.75) is 46.5 Å². The van der Waals surface area contributed by atoms with Crippen molar-refractivity contribution >= 4 is 17.1 Å². The molecule has 1 heteroatoms. The van der Waals surface area contributed by atoms with Gasteiger partial charge in [0.15, 0.2) is 0 Å². The van der Waals surface area contributed by atoms with Gasteiger partial charge in [-0.25, -0.2) is 0 Å². The van der Waals surface area contributed by atoms with Crippen LogP contribution in [0.25, 0.3) is 11.1 Å². The summed E-state index contributed by atoms with van der Waals surface area (Å²) in [4.78, 5) is 2.33. The summed E-state index contributed by atoms with van der Waals surface area (Å²) < 4.78 is 0. The molecule has 0 unspecified atom stereocenters. The van der Waals surface area contributed by atoms with Crippen molar-refractivity contribution in [3.63, 3.8) is 0 Å². The molecule has 1 fully saturated rings. The molecule has 0 aliphatic heterocycles. The quantitative estimate of drug-likeness (QED) is 0.313. The second-order valence-electron chi connectivity index (χ2n) is 9.35. The summed E-state index contributed by atoms with van der Waals surface area (Å²) in [6, 6.07) is 31.4. The van der Waals surface area contributed by atoms with Gasteiger partial charge in [0.2, 0.25) is 0 Å². The highest BCUT2D eigenvalue weighted by atomic mass is 15.1. The normalized spacial score (nSPS) is 13.2.